The number of imidazole rings is 1. The maximum Gasteiger partial charge on any atom is 0.331 e. The van der Waals surface area contributed by atoms with E-state index in [1.165, 1.54) is 17.1 Å². The number of nitriles is 1. The Morgan fingerprint density at radius 1 is 1.39 bits per heavy atom. The van der Waals surface area contributed by atoms with Gasteiger partial charge in [0.25, 0.3) is 5.91 Å². The quantitative estimate of drug-likeness (QED) is 0.568. The van der Waals surface area contributed by atoms with Crippen LogP contribution < -0.4 is 0 Å². The Hall–Kier alpha value is -2.85. The molecule has 0 N–H and O–H groups in total. The van der Waals surface area contributed by atoms with E-state index in [9.17, 15) is 14.9 Å². The van der Waals surface area contributed by atoms with Gasteiger partial charge in [-0.3, -0.25) is 9.20 Å². The number of ether oxygens (including phenoxy) is 1. The first-order chi connectivity index (χ1) is 13.5. The van der Waals surface area contributed by atoms with E-state index < -0.39 is 24.0 Å². The molecule has 7 nitrogen and oxygen atoms in total. The molecule has 0 unspecified atom stereocenters. The molecule has 0 aromatic carbocycles. The molecule has 2 aromatic rings. The highest BCUT2D eigenvalue weighted by Crippen LogP contribution is 2.32. The zero-order valence-electron chi connectivity index (χ0n) is 15.6. The van der Waals surface area contributed by atoms with Gasteiger partial charge in [-0.15, -0.1) is 0 Å². The van der Waals surface area contributed by atoms with E-state index in [0.717, 1.165) is 19.3 Å². The van der Waals surface area contributed by atoms with Crippen molar-refractivity contribution in [2.24, 2.45) is 0 Å². The number of hydrogen-bond donors (Lipinski definition) is 0. The lowest BCUT2D eigenvalue weighted by atomic mass is 9.81. The molecule has 1 fully saturated rings. The molecule has 28 heavy (non-hydrogen) atoms. The molecule has 2 heterocycles. The highest BCUT2D eigenvalue weighted by molar-refractivity contribution is 6.31. The third-order valence-electron chi connectivity index (χ3n) is 5.14. The molecular formula is C20H21ClN4O3. The number of pyridine rings is 1. The minimum atomic E-state index is -0.804. The predicted molar refractivity (Wildman–Crippen MR) is 104 cm³/mol. The summed E-state index contributed by atoms with van der Waals surface area (Å²) in [7, 11) is 1.60. The van der Waals surface area contributed by atoms with Gasteiger partial charge in [0.2, 0.25) is 0 Å². The van der Waals surface area contributed by atoms with Crippen LogP contribution in [0, 0.1) is 11.3 Å². The molecule has 2 aromatic heterocycles. The van der Waals surface area contributed by atoms with Crippen LogP contribution in [0.3, 0.4) is 0 Å². The summed E-state index contributed by atoms with van der Waals surface area (Å²) < 4.78 is 6.80. The monoisotopic (exact) mass is 400 g/mol. The molecule has 1 aliphatic rings. The number of carbonyl (C=O) groups excluding carboxylic acids is 2. The zero-order valence-corrected chi connectivity index (χ0v) is 16.4. The van der Waals surface area contributed by atoms with Crippen molar-refractivity contribution in [1.82, 2.24) is 14.3 Å². The Bertz CT molecular complexity index is 954. The molecule has 0 radical (unpaired) electrons. The third-order valence-corrected chi connectivity index (χ3v) is 5.42. The van der Waals surface area contributed by atoms with Crippen LogP contribution >= 0.6 is 11.6 Å². The molecule has 1 amide bonds. The lowest BCUT2D eigenvalue weighted by Crippen LogP contribution is -2.51. The number of carbonyl (C=O) groups is 2. The topological polar surface area (TPSA) is 87.7 Å². The Labute approximate surface area is 168 Å². The average molecular weight is 401 g/mol. The highest BCUT2D eigenvalue weighted by atomic mass is 35.5. The zero-order chi connectivity index (χ0) is 20.1. The molecular weight excluding hydrogens is 380 g/mol. The van der Waals surface area contributed by atoms with Gasteiger partial charge in [-0.2, -0.15) is 5.26 Å². The van der Waals surface area contributed by atoms with E-state index in [-0.39, 0.29) is 5.15 Å². The summed E-state index contributed by atoms with van der Waals surface area (Å²) in [6.07, 6.45) is 8.66. The van der Waals surface area contributed by atoms with Crippen LogP contribution in [0.2, 0.25) is 5.15 Å². The van der Waals surface area contributed by atoms with Crippen LogP contribution in [0.4, 0.5) is 0 Å². The highest BCUT2D eigenvalue weighted by Gasteiger charge is 2.38. The minimum Gasteiger partial charge on any atom is -0.452 e. The normalized spacial score (nSPS) is 16.0. The second-order valence-electron chi connectivity index (χ2n) is 6.81. The molecule has 0 atom stereocenters. The summed E-state index contributed by atoms with van der Waals surface area (Å²) in [6.45, 7) is -0.413. The summed E-state index contributed by atoms with van der Waals surface area (Å²) in [5.41, 5.74) is 0.400. The average Bonchev–Trinajstić information content (AvgIpc) is 3.05. The number of rotatable bonds is 5. The number of likely N-dealkylation sites (N-methyl/N-ethyl adjacent to an activating group) is 1. The van der Waals surface area contributed by atoms with Crippen LogP contribution in [0.15, 0.2) is 30.5 Å². The second kappa shape index (κ2) is 8.44. The van der Waals surface area contributed by atoms with Crippen molar-refractivity contribution < 1.29 is 14.3 Å². The van der Waals surface area contributed by atoms with Gasteiger partial charge in [-0.25, -0.2) is 9.78 Å². The first-order valence-electron chi connectivity index (χ1n) is 9.12. The summed E-state index contributed by atoms with van der Waals surface area (Å²) in [6, 6.07) is 7.74. The fraction of sp³-hybridized carbons (Fsp3) is 0.400. The van der Waals surface area contributed by atoms with Crippen molar-refractivity contribution in [3.8, 4) is 6.07 Å². The lowest BCUT2D eigenvalue weighted by molar-refractivity contribution is -0.150. The van der Waals surface area contributed by atoms with E-state index in [2.05, 4.69) is 11.1 Å². The number of fused-ring (bicyclic) bond motifs is 1. The van der Waals surface area contributed by atoms with E-state index in [0.29, 0.717) is 24.2 Å². The Morgan fingerprint density at radius 3 is 2.86 bits per heavy atom. The summed E-state index contributed by atoms with van der Waals surface area (Å²) in [5.74, 6) is -1.06. The number of aromatic nitrogens is 2. The molecule has 0 saturated heterocycles. The van der Waals surface area contributed by atoms with Crippen molar-refractivity contribution in [2.75, 3.05) is 13.7 Å². The lowest BCUT2D eigenvalue weighted by Gasteiger charge is -2.38. The van der Waals surface area contributed by atoms with Crippen LogP contribution in [-0.2, 0) is 14.3 Å². The molecule has 0 bridgehead atoms. The Kier molecular flexibility index (Phi) is 6.00. The number of amides is 1. The van der Waals surface area contributed by atoms with Gasteiger partial charge >= 0.3 is 5.97 Å². The fourth-order valence-electron chi connectivity index (χ4n) is 3.46. The fourth-order valence-corrected chi connectivity index (χ4v) is 3.70. The molecule has 146 valence electrons. The van der Waals surface area contributed by atoms with Crippen molar-refractivity contribution >= 4 is 35.2 Å². The number of nitrogens with zero attached hydrogens (tertiary/aromatic N) is 4. The van der Waals surface area contributed by atoms with Crippen molar-refractivity contribution in [2.45, 2.75) is 37.6 Å². The first kappa shape index (κ1) is 19.9. The molecule has 1 aliphatic carbocycles. The number of esters is 1. The van der Waals surface area contributed by atoms with Crippen LogP contribution in [0.25, 0.3) is 11.7 Å². The van der Waals surface area contributed by atoms with Gasteiger partial charge in [0.05, 0.1) is 11.8 Å². The van der Waals surface area contributed by atoms with Gasteiger partial charge in [0.15, 0.2) is 11.8 Å². The number of hydrogen-bond acceptors (Lipinski definition) is 5. The van der Waals surface area contributed by atoms with Crippen molar-refractivity contribution in [3.63, 3.8) is 0 Å². The standard InChI is InChI=1S/C20H21ClN4O3/c1-24(20(14-22)10-4-2-5-11-20)17(26)13-28-18(27)9-8-15-19(21)23-16-7-3-6-12-25(15)16/h3,6-9,12H,2,4-5,10-11,13H2,1H3/b9-8+. The van der Waals surface area contributed by atoms with Crippen LogP contribution in [-0.4, -0.2) is 45.4 Å². The van der Waals surface area contributed by atoms with E-state index >= 15 is 0 Å². The van der Waals surface area contributed by atoms with Crippen molar-refractivity contribution in [3.05, 3.63) is 41.3 Å². The molecule has 8 heteroatoms. The molecule has 0 aliphatic heterocycles. The molecule has 3 rings (SSSR count). The number of halogens is 1. The maximum absolute atomic E-state index is 12.4. The summed E-state index contributed by atoms with van der Waals surface area (Å²) >= 11 is 6.11. The third kappa shape index (κ3) is 4.02. The Balaban J connectivity index is 1.60. The predicted octanol–water partition coefficient (Wildman–Crippen LogP) is 3.23. The SMILES string of the molecule is CN(C(=O)COC(=O)/C=C/c1c(Cl)nc2ccccn12)C1(C#N)CCCCC1. The molecule has 1 saturated carbocycles. The first-order valence-corrected chi connectivity index (χ1v) is 9.50. The second-order valence-corrected chi connectivity index (χ2v) is 7.17. The maximum atomic E-state index is 12.4. The summed E-state index contributed by atoms with van der Waals surface area (Å²) in [4.78, 5) is 30.0. The van der Waals surface area contributed by atoms with Gasteiger partial charge in [-0.05, 0) is 31.1 Å². The molecule has 0 spiro atoms. The van der Waals surface area contributed by atoms with Crippen LogP contribution in [0.1, 0.15) is 37.8 Å². The van der Waals surface area contributed by atoms with Gasteiger partial charge < -0.3 is 9.64 Å². The minimum absolute atomic E-state index is 0.263. The summed E-state index contributed by atoms with van der Waals surface area (Å²) in [5, 5.41) is 9.82. The largest absolute Gasteiger partial charge is 0.452 e. The van der Waals surface area contributed by atoms with Gasteiger partial charge in [0.1, 0.15) is 11.2 Å². The van der Waals surface area contributed by atoms with E-state index in [1.807, 2.05) is 12.1 Å². The van der Waals surface area contributed by atoms with Crippen LogP contribution in [0.5, 0.6) is 0 Å². The van der Waals surface area contributed by atoms with E-state index in [4.69, 9.17) is 16.3 Å². The smallest absolute Gasteiger partial charge is 0.331 e. The van der Waals surface area contributed by atoms with Gasteiger partial charge in [-0.1, -0.05) is 36.9 Å². The Morgan fingerprint density at radius 2 is 2.14 bits per heavy atom. The van der Waals surface area contributed by atoms with Gasteiger partial charge in [0, 0.05) is 19.3 Å². The van der Waals surface area contributed by atoms with E-state index in [1.54, 1.807) is 23.7 Å². The van der Waals surface area contributed by atoms with Crippen molar-refractivity contribution in [1.29, 1.82) is 5.26 Å².